The first-order valence-corrected chi connectivity index (χ1v) is 6.90. The van der Waals surface area contributed by atoms with E-state index in [9.17, 15) is 9.59 Å². The minimum atomic E-state index is -0.780. The van der Waals surface area contributed by atoms with Gasteiger partial charge in [0.15, 0.2) is 0 Å². The van der Waals surface area contributed by atoms with Crippen LogP contribution in [0.1, 0.15) is 23.7 Å². The molecule has 2 unspecified atom stereocenters. The number of aromatic amines is 1. The normalized spacial score (nSPS) is 21.6. The molecule has 1 aromatic carbocycles. The summed E-state index contributed by atoms with van der Waals surface area (Å²) < 4.78 is 1.62. The number of nitrogens with one attached hydrogen (secondary N) is 2. The second kappa shape index (κ2) is 5.21. The van der Waals surface area contributed by atoms with E-state index in [1.807, 2.05) is 31.2 Å². The molecule has 0 aliphatic carbocycles. The minimum Gasteiger partial charge on any atom is -0.481 e. The number of rotatable bonds is 3. The van der Waals surface area contributed by atoms with E-state index in [1.165, 1.54) is 0 Å². The summed E-state index contributed by atoms with van der Waals surface area (Å²) in [7, 11) is 0. The zero-order chi connectivity index (χ0) is 15.0. The van der Waals surface area contributed by atoms with Crippen LogP contribution in [-0.2, 0) is 4.79 Å². The molecule has 1 saturated heterocycles. The van der Waals surface area contributed by atoms with Crippen LogP contribution in [0.25, 0.3) is 5.69 Å². The number of H-pyrrole nitrogens is 1. The number of nitrogens with zero attached hydrogens (tertiary/aromatic N) is 1. The molecule has 6 nitrogen and oxygen atoms in total. The van der Waals surface area contributed by atoms with Crippen LogP contribution in [0.2, 0.25) is 0 Å². The van der Waals surface area contributed by atoms with E-state index in [0.29, 0.717) is 13.0 Å². The van der Waals surface area contributed by atoms with Gasteiger partial charge < -0.3 is 15.4 Å². The van der Waals surface area contributed by atoms with Gasteiger partial charge in [-0.1, -0.05) is 18.2 Å². The Balaban J connectivity index is 2.02. The van der Waals surface area contributed by atoms with Gasteiger partial charge in [0.2, 0.25) is 0 Å². The molecule has 110 valence electrons. The molecule has 0 radical (unpaired) electrons. The number of carbonyl (C=O) groups is 1. The number of carboxylic acids is 1. The number of aromatic nitrogens is 2. The number of hydrogen-bond acceptors (Lipinski definition) is 3. The minimum absolute atomic E-state index is 0.0523. The summed E-state index contributed by atoms with van der Waals surface area (Å²) in [4.78, 5) is 25.7. The summed E-state index contributed by atoms with van der Waals surface area (Å²) in [6, 6.07) is 7.55. The first-order valence-electron chi connectivity index (χ1n) is 6.90. The highest BCUT2D eigenvalue weighted by molar-refractivity contribution is 5.71. The molecule has 2 atom stereocenters. The van der Waals surface area contributed by atoms with E-state index >= 15 is 0 Å². The molecule has 0 bridgehead atoms. The summed E-state index contributed by atoms with van der Waals surface area (Å²) in [6.45, 7) is 2.31. The SMILES string of the molecule is Cc1c[nH]c(=O)n1-c1ccccc1C1CC(C(=O)O)CN1. The van der Waals surface area contributed by atoms with Gasteiger partial charge in [-0.25, -0.2) is 4.79 Å². The lowest BCUT2D eigenvalue weighted by Gasteiger charge is -2.16. The molecule has 3 rings (SSSR count). The van der Waals surface area contributed by atoms with Gasteiger partial charge in [0.1, 0.15) is 0 Å². The van der Waals surface area contributed by atoms with Crippen LogP contribution in [0.4, 0.5) is 0 Å². The number of imidazole rings is 1. The summed E-state index contributed by atoms with van der Waals surface area (Å²) >= 11 is 0. The average Bonchev–Trinajstić information content (AvgIpc) is 3.07. The maximum atomic E-state index is 12.0. The lowest BCUT2D eigenvalue weighted by molar-refractivity contribution is -0.141. The summed E-state index contributed by atoms with van der Waals surface area (Å²) in [6.07, 6.45) is 2.20. The second-order valence-electron chi connectivity index (χ2n) is 5.36. The fourth-order valence-corrected chi connectivity index (χ4v) is 2.90. The fourth-order valence-electron chi connectivity index (χ4n) is 2.90. The highest BCUT2D eigenvalue weighted by Gasteiger charge is 2.31. The molecule has 6 heteroatoms. The predicted molar refractivity (Wildman–Crippen MR) is 77.6 cm³/mol. The van der Waals surface area contributed by atoms with E-state index in [1.54, 1.807) is 10.8 Å². The van der Waals surface area contributed by atoms with Gasteiger partial charge in [0.25, 0.3) is 0 Å². The maximum absolute atomic E-state index is 12.0. The number of aliphatic carboxylic acids is 1. The summed E-state index contributed by atoms with van der Waals surface area (Å²) in [5, 5.41) is 12.4. The second-order valence-corrected chi connectivity index (χ2v) is 5.36. The van der Waals surface area contributed by atoms with Crippen LogP contribution < -0.4 is 11.0 Å². The quantitative estimate of drug-likeness (QED) is 0.792. The molecule has 0 saturated carbocycles. The molecule has 2 aromatic rings. The van der Waals surface area contributed by atoms with Crippen molar-refractivity contribution in [2.75, 3.05) is 6.54 Å². The van der Waals surface area contributed by atoms with Gasteiger partial charge in [-0.05, 0) is 25.0 Å². The van der Waals surface area contributed by atoms with Crippen LogP contribution in [0.15, 0.2) is 35.3 Å². The molecule has 1 fully saturated rings. The first kappa shape index (κ1) is 13.6. The zero-order valence-electron chi connectivity index (χ0n) is 11.7. The van der Waals surface area contributed by atoms with E-state index in [2.05, 4.69) is 10.3 Å². The van der Waals surface area contributed by atoms with Gasteiger partial charge in [-0.3, -0.25) is 9.36 Å². The van der Waals surface area contributed by atoms with E-state index < -0.39 is 5.97 Å². The Morgan fingerprint density at radius 1 is 1.38 bits per heavy atom. The Bertz CT molecular complexity index is 732. The van der Waals surface area contributed by atoms with E-state index in [4.69, 9.17) is 5.11 Å². The molecule has 0 spiro atoms. The fraction of sp³-hybridized carbons (Fsp3) is 0.333. The Morgan fingerprint density at radius 3 is 2.76 bits per heavy atom. The molecule has 1 aliphatic rings. The Labute approximate surface area is 121 Å². The highest BCUT2D eigenvalue weighted by atomic mass is 16.4. The van der Waals surface area contributed by atoms with Gasteiger partial charge in [0, 0.05) is 24.5 Å². The van der Waals surface area contributed by atoms with Crippen molar-refractivity contribution in [1.82, 2.24) is 14.9 Å². The number of para-hydroxylation sites is 1. The molecule has 2 heterocycles. The molecule has 1 aromatic heterocycles. The van der Waals surface area contributed by atoms with Crippen LogP contribution in [0, 0.1) is 12.8 Å². The van der Waals surface area contributed by atoms with E-state index in [0.717, 1.165) is 16.9 Å². The largest absolute Gasteiger partial charge is 0.481 e. The third-order valence-corrected chi connectivity index (χ3v) is 3.99. The molecule has 3 N–H and O–H groups in total. The molecular formula is C15H17N3O3. The molecular weight excluding hydrogens is 270 g/mol. The highest BCUT2D eigenvalue weighted by Crippen LogP contribution is 2.31. The van der Waals surface area contributed by atoms with Crippen LogP contribution in [0.5, 0.6) is 0 Å². The van der Waals surface area contributed by atoms with Gasteiger partial charge in [-0.2, -0.15) is 0 Å². The smallest absolute Gasteiger partial charge is 0.330 e. The maximum Gasteiger partial charge on any atom is 0.330 e. The van der Waals surface area contributed by atoms with Crippen LogP contribution >= 0.6 is 0 Å². The van der Waals surface area contributed by atoms with Crippen molar-refractivity contribution in [2.45, 2.75) is 19.4 Å². The number of aryl methyl sites for hydroxylation is 1. The molecule has 0 amide bonds. The third kappa shape index (κ3) is 2.38. The van der Waals surface area contributed by atoms with E-state index in [-0.39, 0.29) is 17.6 Å². The third-order valence-electron chi connectivity index (χ3n) is 3.99. The van der Waals surface area contributed by atoms with Crippen molar-refractivity contribution >= 4 is 5.97 Å². The summed E-state index contributed by atoms with van der Waals surface area (Å²) in [5.74, 6) is -1.16. The lowest BCUT2D eigenvalue weighted by Crippen LogP contribution is -2.21. The lowest BCUT2D eigenvalue weighted by atomic mass is 9.98. The number of benzene rings is 1. The average molecular weight is 287 g/mol. The van der Waals surface area contributed by atoms with Crippen molar-refractivity contribution in [3.63, 3.8) is 0 Å². The Hall–Kier alpha value is -2.34. The number of hydrogen-bond donors (Lipinski definition) is 3. The van der Waals surface area contributed by atoms with Crippen molar-refractivity contribution < 1.29 is 9.90 Å². The topological polar surface area (TPSA) is 87.1 Å². The first-order chi connectivity index (χ1) is 10.1. The monoisotopic (exact) mass is 287 g/mol. The molecule has 1 aliphatic heterocycles. The summed E-state index contributed by atoms with van der Waals surface area (Å²) in [5.41, 5.74) is 2.38. The molecule has 21 heavy (non-hydrogen) atoms. The van der Waals surface area contributed by atoms with Crippen molar-refractivity contribution in [2.24, 2.45) is 5.92 Å². The predicted octanol–water partition coefficient (Wildman–Crippen LogP) is 1.21. The zero-order valence-corrected chi connectivity index (χ0v) is 11.7. The van der Waals surface area contributed by atoms with Gasteiger partial charge in [0.05, 0.1) is 11.6 Å². The Kier molecular flexibility index (Phi) is 3.39. The van der Waals surface area contributed by atoms with Crippen molar-refractivity contribution in [3.05, 3.63) is 52.2 Å². The number of carboxylic acid groups (broad SMARTS) is 1. The Morgan fingerprint density at radius 2 is 2.14 bits per heavy atom. The van der Waals surface area contributed by atoms with Gasteiger partial charge in [-0.15, -0.1) is 0 Å². The van der Waals surface area contributed by atoms with Crippen molar-refractivity contribution in [1.29, 1.82) is 0 Å². The van der Waals surface area contributed by atoms with Crippen molar-refractivity contribution in [3.8, 4) is 5.69 Å². The standard InChI is InChI=1S/C15H17N3O3/c1-9-7-17-15(21)18(9)13-5-3-2-4-11(13)12-6-10(8-16-12)14(19)20/h2-5,7,10,12,16H,6,8H2,1H3,(H,17,21)(H,19,20). The van der Waals surface area contributed by atoms with Crippen LogP contribution in [0.3, 0.4) is 0 Å². The van der Waals surface area contributed by atoms with Crippen LogP contribution in [-0.4, -0.2) is 27.2 Å². The van der Waals surface area contributed by atoms with Gasteiger partial charge >= 0.3 is 11.7 Å².